The first-order valence-electron chi connectivity index (χ1n) is 5.38. The van der Waals surface area contributed by atoms with Gasteiger partial charge in [-0.2, -0.15) is 0 Å². The maximum absolute atomic E-state index is 12.2. The highest BCUT2D eigenvalue weighted by Gasteiger charge is 2.19. The Morgan fingerprint density at radius 1 is 1.38 bits per heavy atom. The van der Waals surface area contributed by atoms with Gasteiger partial charge in [0.1, 0.15) is 0 Å². The lowest BCUT2D eigenvalue weighted by atomic mass is 10.3. The molecule has 1 aliphatic heterocycles. The van der Waals surface area contributed by atoms with Gasteiger partial charge in [0.25, 0.3) is 5.91 Å². The monoisotopic (exact) mass is 350 g/mol. The van der Waals surface area contributed by atoms with E-state index in [4.69, 9.17) is 0 Å². The fourth-order valence-electron chi connectivity index (χ4n) is 1.85. The summed E-state index contributed by atoms with van der Waals surface area (Å²) >= 11 is 3.89. The van der Waals surface area contributed by atoms with Gasteiger partial charge in [-0.05, 0) is 48.7 Å². The van der Waals surface area contributed by atoms with Crippen LogP contribution in [-0.4, -0.2) is 48.9 Å². The van der Waals surface area contributed by atoms with Crippen molar-refractivity contribution in [3.8, 4) is 0 Å². The van der Waals surface area contributed by atoms with Crippen molar-refractivity contribution < 1.29 is 4.79 Å². The molecular formula is C11H15IN2OS. The summed E-state index contributed by atoms with van der Waals surface area (Å²) in [5, 5.41) is 1.96. The lowest BCUT2D eigenvalue weighted by Gasteiger charge is -2.19. The summed E-state index contributed by atoms with van der Waals surface area (Å²) in [6, 6.07) is 1.97. The number of hydrogen-bond donors (Lipinski definition) is 0. The topological polar surface area (TPSA) is 23.6 Å². The number of halogens is 1. The summed E-state index contributed by atoms with van der Waals surface area (Å²) in [6.07, 6.45) is 1.07. The molecule has 0 spiro atoms. The first kappa shape index (κ1) is 12.3. The highest BCUT2D eigenvalue weighted by atomic mass is 127. The van der Waals surface area contributed by atoms with Crippen molar-refractivity contribution >= 4 is 39.8 Å². The molecule has 1 amide bonds. The molecule has 0 unspecified atom stereocenters. The van der Waals surface area contributed by atoms with Crippen LogP contribution in [0.3, 0.4) is 0 Å². The average Bonchev–Trinajstić information content (AvgIpc) is 2.57. The van der Waals surface area contributed by atoms with Crippen LogP contribution in [0.25, 0.3) is 0 Å². The van der Waals surface area contributed by atoms with Crippen LogP contribution in [-0.2, 0) is 0 Å². The zero-order valence-corrected chi connectivity index (χ0v) is 12.3. The van der Waals surface area contributed by atoms with Gasteiger partial charge < -0.3 is 9.80 Å². The van der Waals surface area contributed by atoms with E-state index in [2.05, 4.69) is 34.5 Å². The zero-order chi connectivity index (χ0) is 11.5. The van der Waals surface area contributed by atoms with E-state index in [9.17, 15) is 4.79 Å². The molecule has 1 aromatic rings. The van der Waals surface area contributed by atoms with Crippen LogP contribution in [0.2, 0.25) is 0 Å². The van der Waals surface area contributed by atoms with Gasteiger partial charge in [-0.3, -0.25) is 4.79 Å². The molecule has 0 bridgehead atoms. The van der Waals surface area contributed by atoms with Gasteiger partial charge in [0.05, 0.1) is 8.45 Å². The third-order valence-corrected chi connectivity index (χ3v) is 4.61. The van der Waals surface area contributed by atoms with E-state index in [1.807, 2.05) is 16.3 Å². The second-order valence-corrected chi connectivity index (χ2v) is 6.89. The molecule has 1 fully saturated rings. The van der Waals surface area contributed by atoms with Gasteiger partial charge in [0.2, 0.25) is 0 Å². The van der Waals surface area contributed by atoms with Gasteiger partial charge >= 0.3 is 0 Å². The van der Waals surface area contributed by atoms with E-state index in [0.717, 1.165) is 38.2 Å². The molecule has 0 N–H and O–H groups in total. The molecule has 0 aromatic carbocycles. The molecule has 2 heterocycles. The van der Waals surface area contributed by atoms with Gasteiger partial charge in [-0.15, -0.1) is 11.3 Å². The Labute approximate surface area is 114 Å². The van der Waals surface area contributed by atoms with Crippen LogP contribution in [0.4, 0.5) is 0 Å². The van der Waals surface area contributed by atoms with Crippen LogP contribution in [0, 0.1) is 2.88 Å². The number of nitrogens with zero attached hydrogens (tertiary/aromatic N) is 2. The largest absolute Gasteiger partial charge is 0.337 e. The number of amides is 1. The Morgan fingerprint density at radius 3 is 2.88 bits per heavy atom. The van der Waals surface area contributed by atoms with E-state index in [1.54, 1.807) is 11.3 Å². The molecule has 1 saturated heterocycles. The Hall–Kier alpha value is -0.140. The Morgan fingerprint density at radius 2 is 2.19 bits per heavy atom. The normalized spacial score (nSPS) is 18.5. The molecule has 3 nitrogen and oxygen atoms in total. The summed E-state index contributed by atoms with van der Waals surface area (Å²) in [5.41, 5.74) is 0.846. The van der Waals surface area contributed by atoms with Crippen molar-refractivity contribution in [1.29, 1.82) is 0 Å². The second kappa shape index (κ2) is 5.46. The van der Waals surface area contributed by atoms with E-state index in [0.29, 0.717) is 0 Å². The molecule has 1 aromatic heterocycles. The van der Waals surface area contributed by atoms with Crippen molar-refractivity contribution in [2.75, 3.05) is 33.2 Å². The highest BCUT2D eigenvalue weighted by Crippen LogP contribution is 2.18. The quantitative estimate of drug-likeness (QED) is 0.725. The third kappa shape index (κ3) is 2.95. The van der Waals surface area contributed by atoms with Crippen molar-refractivity contribution in [3.05, 3.63) is 19.9 Å². The summed E-state index contributed by atoms with van der Waals surface area (Å²) in [6.45, 7) is 3.80. The number of thiophene rings is 1. The van der Waals surface area contributed by atoms with Crippen molar-refractivity contribution in [1.82, 2.24) is 9.80 Å². The number of rotatable bonds is 1. The number of carbonyl (C=O) groups excluding carboxylic acids is 1. The molecule has 1 aliphatic rings. The minimum absolute atomic E-state index is 0.189. The molecular weight excluding hydrogens is 335 g/mol. The van der Waals surface area contributed by atoms with Crippen LogP contribution in [0.1, 0.15) is 16.8 Å². The van der Waals surface area contributed by atoms with Gasteiger partial charge in [0.15, 0.2) is 0 Å². The van der Waals surface area contributed by atoms with Crippen LogP contribution in [0.15, 0.2) is 11.4 Å². The van der Waals surface area contributed by atoms with Gasteiger partial charge in [-0.1, -0.05) is 0 Å². The highest BCUT2D eigenvalue weighted by molar-refractivity contribution is 14.1. The van der Waals surface area contributed by atoms with Crippen molar-refractivity contribution in [2.45, 2.75) is 6.42 Å². The van der Waals surface area contributed by atoms with Crippen molar-refractivity contribution in [3.63, 3.8) is 0 Å². The summed E-state index contributed by atoms with van der Waals surface area (Å²) in [5.74, 6) is 0.189. The maximum atomic E-state index is 12.2. The number of likely N-dealkylation sites (N-methyl/N-ethyl adjacent to an activating group) is 1. The molecule has 0 radical (unpaired) electrons. The van der Waals surface area contributed by atoms with E-state index < -0.39 is 0 Å². The predicted molar refractivity (Wildman–Crippen MR) is 75.1 cm³/mol. The minimum atomic E-state index is 0.189. The fraction of sp³-hybridized carbons (Fsp3) is 0.545. The summed E-state index contributed by atoms with van der Waals surface area (Å²) < 4.78 is 1.17. The molecule has 2 rings (SSSR count). The molecule has 0 saturated carbocycles. The van der Waals surface area contributed by atoms with Crippen LogP contribution >= 0.6 is 33.9 Å². The van der Waals surface area contributed by atoms with E-state index in [1.165, 1.54) is 2.88 Å². The molecule has 16 heavy (non-hydrogen) atoms. The summed E-state index contributed by atoms with van der Waals surface area (Å²) in [4.78, 5) is 16.4. The molecule has 5 heteroatoms. The predicted octanol–water partition coefficient (Wildman–Crippen LogP) is 2.13. The van der Waals surface area contributed by atoms with E-state index >= 15 is 0 Å². The molecule has 0 atom stereocenters. The van der Waals surface area contributed by atoms with Crippen molar-refractivity contribution in [2.24, 2.45) is 0 Å². The Kier molecular flexibility index (Phi) is 4.21. The minimum Gasteiger partial charge on any atom is -0.337 e. The third-order valence-electron chi connectivity index (χ3n) is 2.82. The Bertz CT molecular complexity index is 380. The number of hydrogen-bond acceptors (Lipinski definition) is 3. The van der Waals surface area contributed by atoms with E-state index in [-0.39, 0.29) is 5.91 Å². The van der Waals surface area contributed by atoms with Gasteiger partial charge in [-0.25, -0.2) is 0 Å². The average molecular weight is 350 g/mol. The first-order valence-corrected chi connectivity index (χ1v) is 7.34. The van der Waals surface area contributed by atoms with Gasteiger partial charge in [0, 0.05) is 25.0 Å². The maximum Gasteiger partial charge on any atom is 0.254 e. The number of carbonyl (C=O) groups is 1. The fourth-order valence-corrected chi connectivity index (χ4v) is 3.17. The van der Waals surface area contributed by atoms with Crippen LogP contribution < -0.4 is 0 Å². The standard InChI is InChI=1S/C11H15IN2OS/c1-13-3-2-4-14(6-5-13)11(15)9-7-10(12)16-8-9/h7-8H,2-6H2,1H3. The molecule has 88 valence electrons. The lowest BCUT2D eigenvalue weighted by molar-refractivity contribution is 0.0763. The zero-order valence-electron chi connectivity index (χ0n) is 9.28. The molecule has 0 aliphatic carbocycles. The lowest BCUT2D eigenvalue weighted by Crippen LogP contribution is -2.34. The van der Waals surface area contributed by atoms with Crippen LogP contribution in [0.5, 0.6) is 0 Å². The smallest absolute Gasteiger partial charge is 0.254 e. The SMILES string of the molecule is CN1CCCN(C(=O)c2csc(I)c2)CC1. The Balaban J connectivity index is 2.04. The second-order valence-electron chi connectivity index (χ2n) is 4.09. The summed E-state index contributed by atoms with van der Waals surface area (Å²) in [7, 11) is 2.11. The first-order chi connectivity index (χ1) is 7.66.